The van der Waals surface area contributed by atoms with E-state index in [-0.39, 0.29) is 0 Å². The average molecular weight is 242 g/mol. The van der Waals surface area contributed by atoms with Crippen molar-refractivity contribution in [2.24, 2.45) is 0 Å². The van der Waals surface area contributed by atoms with Crippen molar-refractivity contribution in [3.05, 3.63) is 0 Å². The van der Waals surface area contributed by atoms with Gasteiger partial charge < -0.3 is 27.3 Å². The predicted octanol–water partition coefficient (Wildman–Crippen LogP) is -2.33. The normalized spacial score (nSPS) is 13.2. The molecule has 0 rings (SSSR count). The number of hydrogen-bond donors (Lipinski definition) is 2. The molecule has 0 amide bonds. The van der Waals surface area contributed by atoms with Gasteiger partial charge in [-0.1, -0.05) is 0 Å². The summed E-state index contributed by atoms with van der Waals surface area (Å²) in [5.41, 5.74) is 0. The predicted molar refractivity (Wildman–Crippen MR) is 32.8 cm³/mol. The molecule has 0 fully saturated rings. The standard InChI is InChI=1S/3H2O3S/c3*1-4(2)3/h3*(H2,1,2,3)/p-4. The van der Waals surface area contributed by atoms with Crippen molar-refractivity contribution in [3.8, 4) is 0 Å². The Bertz CT molecular complexity index is 107. The molecule has 2 unspecified atom stereocenters. The monoisotopic (exact) mass is 242 g/mol. The Hall–Kier alpha value is 0.210. The Morgan fingerprint density at radius 2 is 0.750 bits per heavy atom. The Labute approximate surface area is 74.5 Å². The van der Waals surface area contributed by atoms with Crippen LogP contribution >= 0.6 is 0 Å². The minimum Gasteiger partial charge on any atom is -0.784 e. The van der Waals surface area contributed by atoms with E-state index in [1.165, 1.54) is 0 Å². The van der Waals surface area contributed by atoms with E-state index in [1.54, 1.807) is 0 Å². The molecule has 0 aliphatic heterocycles. The summed E-state index contributed by atoms with van der Waals surface area (Å²) in [6.45, 7) is 0. The van der Waals surface area contributed by atoms with Crippen molar-refractivity contribution in [1.29, 1.82) is 0 Å². The van der Waals surface area contributed by atoms with Crippen LogP contribution in [0.2, 0.25) is 0 Å². The van der Waals surface area contributed by atoms with Crippen LogP contribution in [0.25, 0.3) is 0 Å². The summed E-state index contributed by atoms with van der Waals surface area (Å²) in [5, 5.41) is 0. The lowest BCUT2D eigenvalue weighted by molar-refractivity contribution is 0.419. The van der Waals surface area contributed by atoms with Crippen molar-refractivity contribution in [3.63, 3.8) is 0 Å². The molecule has 0 saturated carbocycles. The molecule has 2 atom stereocenters. The van der Waals surface area contributed by atoms with E-state index in [0.29, 0.717) is 0 Å². The Balaban J connectivity index is -0.000000101. The van der Waals surface area contributed by atoms with Gasteiger partial charge in [0.1, 0.15) is 0 Å². The summed E-state index contributed by atoms with van der Waals surface area (Å²) >= 11 is -8.83. The molecule has 0 heterocycles. The maximum atomic E-state index is 8.56. The SMILES string of the molecule is O=S([O-])O.O=S([O-])O.O=S([O-])[O-]. The van der Waals surface area contributed by atoms with Crippen LogP contribution in [0, 0.1) is 0 Å². The first kappa shape index (κ1) is 18.1. The molecule has 78 valence electrons. The summed E-state index contributed by atoms with van der Waals surface area (Å²) in [7, 11) is 0. The Kier molecular flexibility index (Phi) is 20.8. The topological polar surface area (TPSA) is 184 Å². The van der Waals surface area contributed by atoms with Crippen LogP contribution in [0.15, 0.2) is 0 Å². The van der Waals surface area contributed by atoms with Gasteiger partial charge in [0, 0.05) is 0 Å². The smallest absolute Gasteiger partial charge is 0.0814 e. The van der Waals surface area contributed by atoms with Crippen LogP contribution in [-0.2, 0) is 34.1 Å². The fraction of sp³-hybridized carbons (Fsp3) is 0. The molecule has 0 saturated heterocycles. The van der Waals surface area contributed by atoms with E-state index >= 15 is 0 Å². The van der Waals surface area contributed by atoms with Crippen molar-refractivity contribution in [2.45, 2.75) is 0 Å². The molecule has 0 aromatic carbocycles. The van der Waals surface area contributed by atoms with Gasteiger partial charge in [-0.2, -0.15) is 0 Å². The summed E-state index contributed by atoms with van der Waals surface area (Å²) in [5.74, 6) is 0. The zero-order valence-corrected chi connectivity index (χ0v) is 7.43. The highest BCUT2D eigenvalue weighted by atomic mass is 32.2. The van der Waals surface area contributed by atoms with Crippen LogP contribution < -0.4 is 0 Å². The lowest BCUT2D eigenvalue weighted by Crippen LogP contribution is -1.76. The van der Waals surface area contributed by atoms with Gasteiger partial charge in [0.25, 0.3) is 0 Å². The molecule has 0 bridgehead atoms. The second-order valence-corrected chi connectivity index (χ2v) is 1.92. The van der Waals surface area contributed by atoms with Crippen molar-refractivity contribution in [1.82, 2.24) is 0 Å². The van der Waals surface area contributed by atoms with Crippen LogP contribution in [0.4, 0.5) is 0 Å². The highest BCUT2D eigenvalue weighted by Gasteiger charge is 1.42. The van der Waals surface area contributed by atoms with Crippen molar-refractivity contribution < 1.29 is 39.9 Å². The zero-order valence-electron chi connectivity index (χ0n) is 4.98. The fourth-order valence-electron chi connectivity index (χ4n) is 0. The zero-order chi connectivity index (χ0) is 10.7. The molecule has 12 heteroatoms. The van der Waals surface area contributed by atoms with Gasteiger partial charge in [-0.25, -0.2) is 8.42 Å². The minimum atomic E-state index is -3.11. The number of hydrogen-bond acceptors (Lipinski definition) is 7. The molecule has 0 aliphatic rings. The van der Waals surface area contributed by atoms with Crippen LogP contribution in [0.3, 0.4) is 0 Å². The van der Waals surface area contributed by atoms with E-state index < -0.39 is 34.1 Å². The van der Waals surface area contributed by atoms with Crippen LogP contribution in [0.5, 0.6) is 0 Å². The molecule has 0 spiro atoms. The molecule has 0 aromatic heterocycles. The largest absolute Gasteiger partial charge is 0.784 e. The second-order valence-electron chi connectivity index (χ2n) is 0.638. The summed E-state index contributed by atoms with van der Waals surface area (Å²) in [6.07, 6.45) is 0. The van der Waals surface area contributed by atoms with E-state index in [9.17, 15) is 0 Å². The van der Waals surface area contributed by atoms with Gasteiger partial charge >= 0.3 is 0 Å². The van der Waals surface area contributed by atoms with E-state index in [1.807, 2.05) is 0 Å². The highest BCUT2D eigenvalue weighted by molar-refractivity contribution is 7.73. The van der Waals surface area contributed by atoms with Crippen LogP contribution in [-0.4, -0.2) is 39.9 Å². The maximum absolute atomic E-state index is 8.56. The quantitative estimate of drug-likeness (QED) is 0.439. The first-order chi connectivity index (χ1) is 5.20. The summed E-state index contributed by atoms with van der Waals surface area (Å²) in [4.78, 5) is 0. The van der Waals surface area contributed by atoms with Gasteiger partial charge in [-0.05, 0) is 0 Å². The van der Waals surface area contributed by atoms with Crippen molar-refractivity contribution in [2.75, 3.05) is 0 Å². The third kappa shape index (κ3) is 19600. The molecule has 12 heavy (non-hydrogen) atoms. The molecule has 9 nitrogen and oxygen atoms in total. The van der Waals surface area contributed by atoms with E-state index in [0.717, 1.165) is 0 Å². The van der Waals surface area contributed by atoms with Gasteiger partial charge in [0.05, 0.1) is 22.7 Å². The average Bonchev–Trinajstić information content (AvgIpc) is 1.54. The van der Waals surface area contributed by atoms with Gasteiger partial charge in [0.15, 0.2) is 0 Å². The molecule has 0 radical (unpaired) electrons. The third-order valence-corrected chi connectivity index (χ3v) is 0. The summed E-state index contributed by atoms with van der Waals surface area (Å²) in [6, 6.07) is 0. The molecule has 0 aromatic rings. The first-order valence-corrected chi connectivity index (χ1v) is 4.60. The highest BCUT2D eigenvalue weighted by Crippen LogP contribution is 1.44. The summed E-state index contributed by atoms with van der Waals surface area (Å²) < 4.78 is 73.5. The third-order valence-electron chi connectivity index (χ3n) is 0. The lowest BCUT2D eigenvalue weighted by atomic mass is 15.8. The fourth-order valence-corrected chi connectivity index (χ4v) is 0. The van der Waals surface area contributed by atoms with E-state index in [4.69, 9.17) is 39.9 Å². The Morgan fingerprint density at radius 1 is 0.750 bits per heavy atom. The second kappa shape index (κ2) is 13.8. The van der Waals surface area contributed by atoms with Gasteiger partial charge in [-0.3, -0.25) is 4.21 Å². The Morgan fingerprint density at radius 3 is 0.750 bits per heavy atom. The van der Waals surface area contributed by atoms with Gasteiger partial charge in [0.2, 0.25) is 0 Å². The van der Waals surface area contributed by atoms with Crippen LogP contribution in [0.1, 0.15) is 0 Å². The molecule has 2 N–H and O–H groups in total. The lowest BCUT2D eigenvalue weighted by Gasteiger charge is -2.03. The molecular formula is H2O9S3-4. The first-order valence-electron chi connectivity index (χ1n) is 1.53. The molecule has 0 aliphatic carbocycles. The van der Waals surface area contributed by atoms with Crippen molar-refractivity contribution >= 4 is 34.1 Å². The maximum Gasteiger partial charge on any atom is 0.0814 e. The van der Waals surface area contributed by atoms with E-state index in [2.05, 4.69) is 0 Å². The minimum absolute atomic E-state index is 2.86. The number of rotatable bonds is 0. The molecular weight excluding hydrogens is 240 g/mol. The van der Waals surface area contributed by atoms with Gasteiger partial charge in [-0.15, -0.1) is 11.4 Å².